The molecule has 4 fully saturated rings. The number of aryl methyl sites for hydroxylation is 1. The lowest BCUT2D eigenvalue weighted by molar-refractivity contribution is -0.162. The number of carbonyl (C=O) groups is 1. The number of phenols is 1. The molecule has 5 nitrogen and oxygen atoms in total. The molecule has 0 atom stereocenters. The number of phenolic OH excluding ortho intramolecular Hbond substituents is 1. The fraction of sp³-hybridized carbons (Fsp3) is 0.536. The van der Waals surface area contributed by atoms with E-state index in [0.717, 1.165) is 64.7 Å². The molecule has 7 rings (SSSR count). The van der Waals surface area contributed by atoms with E-state index < -0.39 is 0 Å². The van der Waals surface area contributed by atoms with Crippen molar-refractivity contribution in [3.63, 3.8) is 0 Å². The Morgan fingerprint density at radius 2 is 1.70 bits per heavy atom. The van der Waals surface area contributed by atoms with Crippen molar-refractivity contribution in [2.45, 2.75) is 64.0 Å². The minimum atomic E-state index is -0.365. The Morgan fingerprint density at radius 1 is 1.06 bits per heavy atom. The molecule has 4 aliphatic rings. The maximum Gasteiger partial charge on any atom is 0.340 e. The molecule has 2 aromatic carbocycles. The Labute approximate surface area is 194 Å². The predicted molar refractivity (Wildman–Crippen MR) is 129 cm³/mol. The van der Waals surface area contributed by atoms with Crippen LogP contribution < -0.4 is 0 Å². The Morgan fingerprint density at radius 3 is 2.33 bits per heavy atom. The first-order chi connectivity index (χ1) is 16.0. The molecule has 3 aromatic rings. The molecule has 4 aliphatic carbocycles. The molecular formula is C28H33NO4. The molecule has 174 valence electrons. The van der Waals surface area contributed by atoms with Crippen LogP contribution in [0.1, 0.15) is 61.0 Å². The van der Waals surface area contributed by atoms with Crippen LogP contribution in [-0.2, 0) is 16.0 Å². The lowest BCUT2D eigenvalue weighted by atomic mass is 9.54. The summed E-state index contributed by atoms with van der Waals surface area (Å²) in [5.41, 5.74) is 2.52. The first-order valence-corrected chi connectivity index (χ1v) is 12.4. The van der Waals surface area contributed by atoms with E-state index in [9.17, 15) is 9.90 Å². The largest absolute Gasteiger partial charge is 0.507 e. The van der Waals surface area contributed by atoms with Crippen LogP contribution in [0.15, 0.2) is 30.3 Å². The number of hydrogen-bond donors (Lipinski definition) is 1. The molecule has 0 unspecified atom stereocenters. The van der Waals surface area contributed by atoms with Crippen molar-refractivity contribution in [2.24, 2.45) is 17.8 Å². The van der Waals surface area contributed by atoms with Gasteiger partial charge in [-0.3, -0.25) is 0 Å². The highest BCUT2D eigenvalue weighted by molar-refractivity contribution is 6.16. The Balaban J connectivity index is 1.29. The molecule has 0 amide bonds. The standard InChI is InChI=1S/C28H33NO4/c1-17-25(27(31)32-2)23-13-24(30)21-6-3-4-7-22(21)26(23)29(17)8-5-9-33-28-14-18-10-19(15-28)12-20(11-18)16-28/h3-4,6-7,13,18-20,30H,5,8-12,14-16H2,1-2H3. The topological polar surface area (TPSA) is 60.7 Å². The number of nitrogens with zero attached hydrogens (tertiary/aromatic N) is 1. The van der Waals surface area contributed by atoms with Gasteiger partial charge in [-0.25, -0.2) is 4.79 Å². The normalized spacial score (nSPS) is 28.1. The molecule has 33 heavy (non-hydrogen) atoms. The van der Waals surface area contributed by atoms with Crippen molar-refractivity contribution >= 4 is 27.6 Å². The maximum atomic E-state index is 12.7. The Hall–Kier alpha value is -2.53. The van der Waals surface area contributed by atoms with Crippen LogP contribution >= 0.6 is 0 Å². The van der Waals surface area contributed by atoms with Gasteiger partial charge in [0.2, 0.25) is 0 Å². The van der Waals surface area contributed by atoms with Gasteiger partial charge in [0, 0.05) is 35.0 Å². The number of hydrogen-bond acceptors (Lipinski definition) is 4. The van der Waals surface area contributed by atoms with Gasteiger partial charge in [-0.05, 0) is 75.7 Å². The lowest BCUT2D eigenvalue weighted by Gasteiger charge is -2.56. The average Bonchev–Trinajstić information content (AvgIpc) is 3.06. The van der Waals surface area contributed by atoms with E-state index in [2.05, 4.69) is 4.57 Å². The number of fused-ring (bicyclic) bond motifs is 3. The smallest absolute Gasteiger partial charge is 0.340 e. The number of aromatic hydroxyl groups is 1. The fourth-order valence-electron chi connectivity index (χ4n) is 7.68. The summed E-state index contributed by atoms with van der Waals surface area (Å²) in [6, 6.07) is 9.54. The summed E-state index contributed by atoms with van der Waals surface area (Å²) in [5, 5.41) is 13.1. The van der Waals surface area contributed by atoms with Crippen LogP contribution in [0.25, 0.3) is 21.7 Å². The number of aromatic nitrogens is 1. The molecule has 4 bridgehead atoms. The monoisotopic (exact) mass is 447 g/mol. The van der Waals surface area contributed by atoms with E-state index >= 15 is 0 Å². The van der Waals surface area contributed by atoms with Crippen molar-refractivity contribution in [3.8, 4) is 5.75 Å². The minimum Gasteiger partial charge on any atom is -0.507 e. The Bertz CT molecular complexity index is 1200. The van der Waals surface area contributed by atoms with E-state index in [1.54, 1.807) is 6.07 Å². The zero-order valence-corrected chi connectivity index (χ0v) is 19.6. The average molecular weight is 448 g/mol. The predicted octanol–water partition coefficient (Wildman–Crippen LogP) is 5.97. The third-order valence-electron chi connectivity index (χ3n) is 8.61. The highest BCUT2D eigenvalue weighted by Crippen LogP contribution is 2.57. The summed E-state index contributed by atoms with van der Waals surface area (Å²) >= 11 is 0. The summed E-state index contributed by atoms with van der Waals surface area (Å²) in [6.45, 7) is 3.48. The number of ether oxygens (including phenoxy) is 2. The minimum absolute atomic E-state index is 0.123. The van der Waals surface area contributed by atoms with Crippen LogP contribution in [0.4, 0.5) is 0 Å². The SMILES string of the molecule is COC(=O)c1c(C)n(CCCOC23CC4CC(CC(C4)C2)C3)c2c1cc(O)c1ccccc12. The van der Waals surface area contributed by atoms with Crippen LogP contribution in [0.5, 0.6) is 5.75 Å². The van der Waals surface area contributed by atoms with Gasteiger partial charge in [-0.15, -0.1) is 0 Å². The van der Waals surface area contributed by atoms with E-state index in [-0.39, 0.29) is 17.3 Å². The number of rotatable bonds is 6. The van der Waals surface area contributed by atoms with Crippen LogP contribution in [0.2, 0.25) is 0 Å². The van der Waals surface area contributed by atoms with Crippen LogP contribution in [-0.4, -0.2) is 35.0 Å². The highest BCUT2D eigenvalue weighted by atomic mass is 16.5. The molecule has 0 aliphatic heterocycles. The van der Waals surface area contributed by atoms with Crippen molar-refractivity contribution in [1.29, 1.82) is 0 Å². The van der Waals surface area contributed by atoms with Gasteiger partial charge >= 0.3 is 5.97 Å². The summed E-state index contributed by atoms with van der Waals surface area (Å²) in [4.78, 5) is 12.7. The quantitative estimate of drug-likeness (QED) is 0.373. The zero-order chi connectivity index (χ0) is 22.7. The van der Waals surface area contributed by atoms with Gasteiger partial charge in [0.15, 0.2) is 0 Å². The summed E-state index contributed by atoms with van der Waals surface area (Å²) in [5.74, 6) is 2.47. The second-order valence-corrected chi connectivity index (χ2v) is 10.7. The third kappa shape index (κ3) is 3.35. The lowest BCUT2D eigenvalue weighted by Crippen LogP contribution is -2.52. The van der Waals surface area contributed by atoms with Crippen LogP contribution in [0.3, 0.4) is 0 Å². The van der Waals surface area contributed by atoms with E-state index in [1.165, 1.54) is 45.6 Å². The second kappa shape index (κ2) is 7.76. The van der Waals surface area contributed by atoms with Crippen molar-refractivity contribution in [3.05, 3.63) is 41.6 Å². The molecule has 1 heterocycles. The van der Waals surface area contributed by atoms with Crippen LogP contribution in [0, 0.1) is 24.7 Å². The summed E-state index contributed by atoms with van der Waals surface area (Å²) in [6.07, 6.45) is 8.92. The van der Waals surface area contributed by atoms with Crippen molar-refractivity contribution in [2.75, 3.05) is 13.7 Å². The molecule has 0 radical (unpaired) electrons. The molecule has 0 saturated heterocycles. The first kappa shape index (κ1) is 21.0. The number of esters is 1. The van der Waals surface area contributed by atoms with Gasteiger partial charge in [0.05, 0.1) is 23.8 Å². The molecular weight excluding hydrogens is 414 g/mol. The molecule has 4 saturated carbocycles. The molecule has 5 heteroatoms. The highest BCUT2D eigenvalue weighted by Gasteiger charge is 2.51. The number of benzene rings is 2. The van der Waals surface area contributed by atoms with Gasteiger partial charge in [-0.1, -0.05) is 24.3 Å². The van der Waals surface area contributed by atoms with Gasteiger partial charge in [-0.2, -0.15) is 0 Å². The van der Waals surface area contributed by atoms with Crippen molar-refractivity contribution in [1.82, 2.24) is 4.57 Å². The fourth-order valence-corrected chi connectivity index (χ4v) is 7.68. The van der Waals surface area contributed by atoms with Gasteiger partial charge < -0.3 is 19.1 Å². The number of methoxy groups -OCH3 is 1. The number of carbonyl (C=O) groups excluding carboxylic acids is 1. The van der Waals surface area contributed by atoms with E-state index in [0.29, 0.717) is 5.56 Å². The molecule has 1 aromatic heterocycles. The van der Waals surface area contributed by atoms with E-state index in [1.807, 2.05) is 31.2 Å². The summed E-state index contributed by atoms with van der Waals surface area (Å²) in [7, 11) is 1.41. The van der Waals surface area contributed by atoms with Crippen molar-refractivity contribution < 1.29 is 19.4 Å². The zero-order valence-electron chi connectivity index (χ0n) is 19.6. The first-order valence-electron chi connectivity index (χ1n) is 12.4. The summed E-state index contributed by atoms with van der Waals surface area (Å²) < 4.78 is 14.0. The second-order valence-electron chi connectivity index (χ2n) is 10.7. The maximum absolute atomic E-state index is 12.7. The van der Waals surface area contributed by atoms with Gasteiger partial charge in [0.25, 0.3) is 0 Å². The van der Waals surface area contributed by atoms with E-state index in [4.69, 9.17) is 9.47 Å². The molecule has 0 spiro atoms. The third-order valence-corrected chi connectivity index (χ3v) is 8.61. The molecule has 1 N–H and O–H groups in total. The Kier molecular flexibility index (Phi) is 4.95. The van der Waals surface area contributed by atoms with Gasteiger partial charge in [0.1, 0.15) is 5.75 Å².